The van der Waals surface area contributed by atoms with E-state index in [1.807, 2.05) is 0 Å². The van der Waals surface area contributed by atoms with Crippen molar-refractivity contribution in [2.45, 2.75) is 32.3 Å². The molecule has 0 fully saturated rings. The van der Waals surface area contributed by atoms with Crippen LogP contribution >= 0.6 is 0 Å². The van der Waals surface area contributed by atoms with Crippen LogP contribution in [-0.2, 0) is 16.4 Å². The topological polar surface area (TPSA) is 120 Å². The molecule has 0 aliphatic rings. The van der Waals surface area contributed by atoms with Gasteiger partial charge < -0.3 is 14.6 Å². The summed E-state index contributed by atoms with van der Waals surface area (Å²) in [5.74, 6) is -0.670. The number of sulfone groups is 1. The Balaban J connectivity index is 1.66. The van der Waals surface area contributed by atoms with Crippen LogP contribution in [0.4, 0.5) is 10.1 Å². The van der Waals surface area contributed by atoms with Gasteiger partial charge in [-0.2, -0.15) is 0 Å². The standard InChI is InChI=1S/C24H22FN3O6S/c1-4-35(31,32)18-7-8-21(20(12-18)27-24(30)16-6-5-14(2)19(25)10-16)33-13-17-11-23(29)28-22(26-17)9-15(3)34-28/h5-12H,4,13H2,1-3H3,(H,27,30). The van der Waals surface area contributed by atoms with Crippen molar-refractivity contribution in [2.75, 3.05) is 11.1 Å². The third-order valence-corrected chi connectivity index (χ3v) is 7.00. The Morgan fingerprint density at radius 3 is 2.63 bits per heavy atom. The highest BCUT2D eigenvalue weighted by Gasteiger charge is 2.18. The van der Waals surface area contributed by atoms with Crippen molar-refractivity contribution >= 4 is 27.1 Å². The van der Waals surface area contributed by atoms with Crippen LogP contribution in [0.25, 0.3) is 5.65 Å². The second kappa shape index (κ2) is 9.34. The van der Waals surface area contributed by atoms with Crippen LogP contribution in [0, 0.1) is 19.7 Å². The van der Waals surface area contributed by atoms with Gasteiger partial charge in [-0.3, -0.25) is 9.59 Å². The number of carbonyl (C=O) groups is 1. The van der Waals surface area contributed by atoms with Crippen molar-refractivity contribution in [3.63, 3.8) is 0 Å². The van der Waals surface area contributed by atoms with E-state index >= 15 is 0 Å². The summed E-state index contributed by atoms with van der Waals surface area (Å²) in [5, 5.41) is 2.59. The molecule has 4 rings (SSSR count). The fourth-order valence-electron chi connectivity index (χ4n) is 3.32. The number of halogens is 1. The average Bonchev–Trinajstić information content (AvgIpc) is 3.20. The molecule has 9 nitrogen and oxygen atoms in total. The lowest BCUT2D eigenvalue weighted by Crippen LogP contribution is -2.16. The van der Waals surface area contributed by atoms with Crippen LogP contribution in [0.1, 0.15) is 34.3 Å². The Morgan fingerprint density at radius 2 is 1.91 bits per heavy atom. The first-order chi connectivity index (χ1) is 16.6. The van der Waals surface area contributed by atoms with E-state index in [0.717, 1.165) is 10.6 Å². The monoisotopic (exact) mass is 499 g/mol. The van der Waals surface area contributed by atoms with E-state index in [4.69, 9.17) is 9.26 Å². The molecule has 0 unspecified atom stereocenters. The second-order valence-electron chi connectivity index (χ2n) is 7.85. The number of anilines is 1. The summed E-state index contributed by atoms with van der Waals surface area (Å²) >= 11 is 0. The van der Waals surface area contributed by atoms with Gasteiger partial charge in [0.25, 0.3) is 11.5 Å². The number of rotatable bonds is 7. The minimum Gasteiger partial charge on any atom is -0.485 e. The minimum atomic E-state index is -3.58. The zero-order valence-electron chi connectivity index (χ0n) is 19.2. The molecule has 0 atom stereocenters. The van der Waals surface area contributed by atoms with Gasteiger partial charge >= 0.3 is 0 Å². The molecule has 2 heterocycles. The zero-order valence-corrected chi connectivity index (χ0v) is 20.0. The molecule has 0 aliphatic carbocycles. The van der Waals surface area contributed by atoms with Crippen molar-refractivity contribution in [2.24, 2.45) is 0 Å². The van der Waals surface area contributed by atoms with Crippen molar-refractivity contribution < 1.29 is 26.9 Å². The lowest BCUT2D eigenvalue weighted by molar-refractivity contribution is 0.102. The number of hydrogen-bond acceptors (Lipinski definition) is 7. The fraction of sp³-hybridized carbons (Fsp3) is 0.208. The Morgan fingerprint density at radius 1 is 1.14 bits per heavy atom. The summed E-state index contributed by atoms with van der Waals surface area (Å²) < 4.78 is 50.8. The Hall–Kier alpha value is -3.99. The Bertz CT molecular complexity index is 1610. The average molecular weight is 500 g/mol. The first-order valence-corrected chi connectivity index (χ1v) is 12.3. The highest BCUT2D eigenvalue weighted by atomic mass is 32.2. The van der Waals surface area contributed by atoms with Gasteiger partial charge in [0.2, 0.25) is 0 Å². The van der Waals surface area contributed by atoms with Gasteiger partial charge in [-0.05, 0) is 49.7 Å². The van der Waals surface area contributed by atoms with E-state index in [1.54, 1.807) is 19.9 Å². The maximum atomic E-state index is 14.0. The van der Waals surface area contributed by atoms with Gasteiger partial charge in [0.15, 0.2) is 15.5 Å². The summed E-state index contributed by atoms with van der Waals surface area (Å²) in [4.78, 5) is 29.3. The van der Waals surface area contributed by atoms with Gasteiger partial charge in [-0.25, -0.2) is 17.8 Å². The lowest BCUT2D eigenvalue weighted by atomic mass is 10.1. The normalized spacial score (nSPS) is 11.5. The van der Waals surface area contributed by atoms with Gasteiger partial charge in [0.05, 0.1) is 22.0 Å². The third kappa shape index (κ3) is 5.09. The summed E-state index contributed by atoms with van der Waals surface area (Å²) in [6.45, 7) is 4.62. The molecule has 2 aromatic heterocycles. The number of aryl methyl sites for hydroxylation is 2. The van der Waals surface area contributed by atoms with Crippen LogP contribution in [0.15, 0.2) is 62.7 Å². The largest absolute Gasteiger partial charge is 0.485 e. The van der Waals surface area contributed by atoms with Crippen LogP contribution in [0.5, 0.6) is 5.75 Å². The lowest BCUT2D eigenvalue weighted by Gasteiger charge is -2.14. The Kier molecular flexibility index (Phi) is 6.44. The van der Waals surface area contributed by atoms with Crippen molar-refractivity contribution in [3.8, 4) is 5.75 Å². The molecule has 182 valence electrons. The quantitative estimate of drug-likeness (QED) is 0.412. The SMILES string of the molecule is CCS(=O)(=O)c1ccc(OCc2cc(=O)n3oc(C)cc3n2)c(NC(=O)c2ccc(C)c(F)c2)c1. The van der Waals surface area contributed by atoms with Crippen LogP contribution in [0.3, 0.4) is 0 Å². The number of benzene rings is 2. The Labute approximate surface area is 200 Å². The molecule has 1 amide bonds. The fourth-order valence-corrected chi connectivity index (χ4v) is 4.23. The summed E-state index contributed by atoms with van der Waals surface area (Å²) in [6, 6.07) is 10.9. The van der Waals surface area contributed by atoms with Crippen LogP contribution < -0.4 is 15.6 Å². The predicted octanol–water partition coefficient (Wildman–Crippen LogP) is 3.67. The van der Waals surface area contributed by atoms with Gasteiger partial charge in [0, 0.05) is 17.7 Å². The van der Waals surface area contributed by atoms with Crippen molar-refractivity contribution in [3.05, 3.63) is 87.3 Å². The van der Waals surface area contributed by atoms with Gasteiger partial charge in [0.1, 0.15) is 23.9 Å². The van der Waals surface area contributed by atoms with Crippen LogP contribution in [0.2, 0.25) is 0 Å². The second-order valence-corrected chi connectivity index (χ2v) is 10.1. The van der Waals surface area contributed by atoms with Crippen molar-refractivity contribution in [1.82, 2.24) is 9.56 Å². The molecule has 1 N–H and O–H groups in total. The van der Waals surface area contributed by atoms with Gasteiger partial charge in [-0.15, -0.1) is 4.57 Å². The molecule has 11 heteroatoms. The number of nitrogens with one attached hydrogen (secondary N) is 1. The highest BCUT2D eigenvalue weighted by molar-refractivity contribution is 7.91. The highest BCUT2D eigenvalue weighted by Crippen LogP contribution is 2.30. The molecular weight excluding hydrogens is 477 g/mol. The summed E-state index contributed by atoms with van der Waals surface area (Å²) in [7, 11) is -3.58. The number of ether oxygens (including phenoxy) is 1. The van der Waals surface area contributed by atoms with E-state index in [1.165, 1.54) is 43.3 Å². The molecule has 2 aromatic carbocycles. The summed E-state index contributed by atoms with van der Waals surface area (Å²) in [6.07, 6.45) is 0. The third-order valence-electron chi connectivity index (χ3n) is 5.27. The molecule has 0 radical (unpaired) electrons. The number of aromatic nitrogens is 2. The smallest absolute Gasteiger partial charge is 0.287 e. The number of hydrogen-bond donors (Lipinski definition) is 1. The maximum absolute atomic E-state index is 14.0. The molecule has 0 aliphatic heterocycles. The predicted molar refractivity (Wildman–Crippen MR) is 126 cm³/mol. The molecule has 0 spiro atoms. The van der Waals surface area contributed by atoms with Crippen molar-refractivity contribution in [1.29, 1.82) is 0 Å². The molecule has 4 aromatic rings. The number of carbonyl (C=O) groups excluding carboxylic acids is 1. The molecule has 35 heavy (non-hydrogen) atoms. The van der Waals surface area contributed by atoms with E-state index in [0.29, 0.717) is 22.7 Å². The van der Waals surface area contributed by atoms with E-state index in [9.17, 15) is 22.4 Å². The molecule has 0 bridgehead atoms. The maximum Gasteiger partial charge on any atom is 0.287 e. The number of fused-ring (bicyclic) bond motifs is 1. The van der Waals surface area contributed by atoms with E-state index < -0.39 is 27.1 Å². The van der Waals surface area contributed by atoms with Crippen LogP contribution in [-0.4, -0.2) is 29.6 Å². The molecule has 0 saturated heterocycles. The summed E-state index contributed by atoms with van der Waals surface area (Å²) in [5.41, 5.74) is 0.698. The minimum absolute atomic E-state index is 0.00982. The first kappa shape index (κ1) is 24.1. The molecule has 0 saturated carbocycles. The first-order valence-electron chi connectivity index (χ1n) is 10.6. The van der Waals surface area contributed by atoms with E-state index in [2.05, 4.69) is 10.3 Å². The molecular formula is C24H22FN3O6S. The zero-order chi connectivity index (χ0) is 25.3. The van der Waals surface area contributed by atoms with E-state index in [-0.39, 0.29) is 34.3 Å². The number of amides is 1. The van der Waals surface area contributed by atoms with Gasteiger partial charge in [-0.1, -0.05) is 13.0 Å². The number of nitrogens with zero attached hydrogens (tertiary/aromatic N) is 2.